The van der Waals surface area contributed by atoms with Crippen molar-refractivity contribution in [2.75, 3.05) is 13.2 Å². The third-order valence-corrected chi connectivity index (χ3v) is 2.90. The normalized spacial score (nSPS) is 12.6. The molecule has 1 unspecified atom stereocenters. The van der Waals surface area contributed by atoms with Crippen molar-refractivity contribution in [2.45, 2.75) is 26.3 Å². The van der Waals surface area contributed by atoms with Crippen LogP contribution in [-0.2, 0) is 11.2 Å². The highest BCUT2D eigenvalue weighted by Crippen LogP contribution is 2.23. The van der Waals surface area contributed by atoms with Gasteiger partial charge in [0.25, 0.3) is 5.89 Å². The van der Waals surface area contributed by atoms with Crippen molar-refractivity contribution < 1.29 is 9.26 Å². The Kier molecular flexibility index (Phi) is 4.65. The van der Waals surface area contributed by atoms with Gasteiger partial charge in [0.15, 0.2) is 5.82 Å². The molecule has 0 amide bonds. The molecule has 5 heteroatoms. The van der Waals surface area contributed by atoms with Crippen molar-refractivity contribution in [3.63, 3.8) is 0 Å². The van der Waals surface area contributed by atoms with Gasteiger partial charge in [-0.25, -0.2) is 0 Å². The summed E-state index contributed by atoms with van der Waals surface area (Å²) in [5.41, 5.74) is 8.08. The third-order valence-electron chi connectivity index (χ3n) is 2.90. The topological polar surface area (TPSA) is 74.2 Å². The Bertz CT molecular complexity index is 525. The second kappa shape index (κ2) is 6.45. The number of aryl methyl sites for hydroxylation is 1. The van der Waals surface area contributed by atoms with Crippen LogP contribution in [0.3, 0.4) is 0 Å². The summed E-state index contributed by atoms with van der Waals surface area (Å²) in [5.74, 6) is 0.994. The molecule has 1 aromatic heterocycles. The Balaban J connectivity index is 2.20. The van der Waals surface area contributed by atoms with E-state index in [9.17, 15) is 0 Å². The second-order valence-corrected chi connectivity index (χ2v) is 4.23. The molecular formula is C14H19N3O2. The first-order chi connectivity index (χ1) is 9.26. The van der Waals surface area contributed by atoms with E-state index in [0.717, 1.165) is 12.0 Å². The third kappa shape index (κ3) is 3.19. The van der Waals surface area contributed by atoms with E-state index in [1.807, 2.05) is 25.1 Å². The lowest BCUT2D eigenvalue weighted by Crippen LogP contribution is -2.18. The molecule has 0 spiro atoms. The molecule has 0 radical (unpaired) electrons. The summed E-state index contributed by atoms with van der Waals surface area (Å²) in [6.07, 6.45) is 0.916. The summed E-state index contributed by atoms with van der Waals surface area (Å²) in [4.78, 5) is 4.36. The zero-order valence-electron chi connectivity index (χ0n) is 11.3. The van der Waals surface area contributed by atoms with Gasteiger partial charge < -0.3 is 15.0 Å². The molecule has 5 nitrogen and oxygen atoms in total. The highest BCUT2D eigenvalue weighted by molar-refractivity contribution is 5.58. The van der Waals surface area contributed by atoms with Crippen LogP contribution in [0.2, 0.25) is 0 Å². The minimum Gasteiger partial charge on any atom is -0.380 e. The van der Waals surface area contributed by atoms with E-state index in [1.54, 1.807) is 0 Å². The van der Waals surface area contributed by atoms with Gasteiger partial charge >= 0.3 is 0 Å². The number of benzene rings is 1. The molecular weight excluding hydrogens is 242 g/mol. The second-order valence-electron chi connectivity index (χ2n) is 4.23. The first kappa shape index (κ1) is 13.7. The average molecular weight is 261 g/mol. The minimum atomic E-state index is -0.355. The standard InChI is InChI=1S/C14H19N3O2/c1-3-10-7-5-6-8-11(10)14-16-13(17-19-14)12(15)9-18-4-2/h5-8,12H,3-4,9,15H2,1-2H3. The molecule has 1 aromatic carbocycles. The molecule has 0 saturated heterocycles. The molecule has 2 aromatic rings. The van der Waals surface area contributed by atoms with Crippen molar-refractivity contribution in [2.24, 2.45) is 5.73 Å². The maximum Gasteiger partial charge on any atom is 0.258 e. The van der Waals surface area contributed by atoms with Crippen LogP contribution in [0.25, 0.3) is 11.5 Å². The number of nitrogens with two attached hydrogens (primary N) is 1. The SMILES string of the molecule is CCOCC(N)c1noc(-c2ccccc2CC)n1. The van der Waals surface area contributed by atoms with Crippen LogP contribution in [-0.4, -0.2) is 23.4 Å². The highest BCUT2D eigenvalue weighted by atomic mass is 16.5. The number of aromatic nitrogens is 2. The van der Waals surface area contributed by atoms with Crippen LogP contribution in [0.5, 0.6) is 0 Å². The number of hydrogen-bond donors (Lipinski definition) is 1. The lowest BCUT2D eigenvalue weighted by molar-refractivity contribution is 0.130. The van der Waals surface area contributed by atoms with E-state index >= 15 is 0 Å². The molecule has 0 bridgehead atoms. The van der Waals surface area contributed by atoms with Crippen LogP contribution in [0.1, 0.15) is 31.3 Å². The molecule has 1 atom stereocenters. The molecule has 102 valence electrons. The van der Waals surface area contributed by atoms with E-state index in [-0.39, 0.29) is 6.04 Å². The molecule has 0 saturated carbocycles. The fraction of sp³-hybridized carbons (Fsp3) is 0.429. The number of rotatable bonds is 6. The van der Waals surface area contributed by atoms with Crippen LogP contribution in [0.15, 0.2) is 28.8 Å². The van der Waals surface area contributed by atoms with Crippen LogP contribution in [0, 0.1) is 0 Å². The predicted octanol–water partition coefficient (Wildman–Crippen LogP) is 2.34. The summed E-state index contributed by atoms with van der Waals surface area (Å²) in [5, 5.41) is 3.93. The smallest absolute Gasteiger partial charge is 0.258 e. The quantitative estimate of drug-likeness (QED) is 0.863. The Hall–Kier alpha value is -1.72. The molecule has 0 fully saturated rings. The van der Waals surface area contributed by atoms with Gasteiger partial charge in [0.1, 0.15) is 0 Å². The highest BCUT2D eigenvalue weighted by Gasteiger charge is 2.16. The Morgan fingerprint density at radius 2 is 2.11 bits per heavy atom. The van der Waals surface area contributed by atoms with Crippen molar-refractivity contribution in [3.05, 3.63) is 35.7 Å². The van der Waals surface area contributed by atoms with Gasteiger partial charge in [0.2, 0.25) is 0 Å². The fourth-order valence-electron chi connectivity index (χ4n) is 1.85. The van der Waals surface area contributed by atoms with Gasteiger partial charge in [-0.3, -0.25) is 0 Å². The minimum absolute atomic E-state index is 0.355. The van der Waals surface area contributed by atoms with Gasteiger partial charge in [-0.05, 0) is 25.0 Å². The zero-order chi connectivity index (χ0) is 13.7. The zero-order valence-corrected chi connectivity index (χ0v) is 11.3. The summed E-state index contributed by atoms with van der Waals surface area (Å²) in [7, 11) is 0. The Morgan fingerprint density at radius 3 is 2.84 bits per heavy atom. The number of hydrogen-bond acceptors (Lipinski definition) is 5. The average Bonchev–Trinajstić information content (AvgIpc) is 2.94. The summed E-state index contributed by atoms with van der Waals surface area (Å²) >= 11 is 0. The van der Waals surface area contributed by atoms with Crippen molar-refractivity contribution >= 4 is 0 Å². The predicted molar refractivity (Wildman–Crippen MR) is 72.5 cm³/mol. The first-order valence-electron chi connectivity index (χ1n) is 6.51. The van der Waals surface area contributed by atoms with Crippen LogP contribution < -0.4 is 5.73 Å². The molecule has 2 N–H and O–H groups in total. The van der Waals surface area contributed by atoms with Crippen molar-refractivity contribution in [3.8, 4) is 11.5 Å². The van der Waals surface area contributed by atoms with Gasteiger partial charge in [-0.15, -0.1) is 0 Å². The van der Waals surface area contributed by atoms with Gasteiger partial charge in [-0.2, -0.15) is 4.98 Å². The fourth-order valence-corrected chi connectivity index (χ4v) is 1.85. The van der Waals surface area contributed by atoms with Crippen molar-refractivity contribution in [1.29, 1.82) is 0 Å². The van der Waals surface area contributed by atoms with Crippen molar-refractivity contribution in [1.82, 2.24) is 10.1 Å². The summed E-state index contributed by atoms with van der Waals surface area (Å²) < 4.78 is 10.6. The van der Waals surface area contributed by atoms with E-state index in [0.29, 0.717) is 24.9 Å². The van der Waals surface area contributed by atoms with Gasteiger partial charge in [-0.1, -0.05) is 30.3 Å². The summed E-state index contributed by atoms with van der Waals surface area (Å²) in [6, 6.07) is 7.63. The molecule has 0 aliphatic rings. The van der Waals surface area contributed by atoms with Crippen LogP contribution >= 0.6 is 0 Å². The van der Waals surface area contributed by atoms with E-state index < -0.39 is 0 Å². The Labute approximate surface area is 112 Å². The van der Waals surface area contributed by atoms with Gasteiger partial charge in [0, 0.05) is 12.2 Å². The number of ether oxygens (including phenoxy) is 1. The van der Waals surface area contributed by atoms with Gasteiger partial charge in [0.05, 0.1) is 12.6 Å². The largest absolute Gasteiger partial charge is 0.380 e. The maximum atomic E-state index is 5.93. The summed E-state index contributed by atoms with van der Waals surface area (Å²) in [6.45, 7) is 5.03. The molecule has 1 heterocycles. The molecule has 19 heavy (non-hydrogen) atoms. The molecule has 0 aliphatic heterocycles. The lowest BCUT2D eigenvalue weighted by atomic mass is 10.1. The molecule has 2 rings (SSSR count). The van der Waals surface area contributed by atoms with E-state index in [2.05, 4.69) is 23.1 Å². The number of nitrogens with zero attached hydrogens (tertiary/aromatic N) is 2. The maximum absolute atomic E-state index is 5.93. The first-order valence-corrected chi connectivity index (χ1v) is 6.51. The van der Waals surface area contributed by atoms with E-state index in [4.69, 9.17) is 15.0 Å². The van der Waals surface area contributed by atoms with E-state index in [1.165, 1.54) is 5.56 Å². The molecule has 0 aliphatic carbocycles. The van der Waals surface area contributed by atoms with Crippen LogP contribution in [0.4, 0.5) is 0 Å². The monoisotopic (exact) mass is 261 g/mol. The lowest BCUT2D eigenvalue weighted by Gasteiger charge is -2.05. The Morgan fingerprint density at radius 1 is 1.32 bits per heavy atom.